The summed E-state index contributed by atoms with van der Waals surface area (Å²) in [6.07, 6.45) is 0.871. The smallest absolute Gasteiger partial charge is 0.335 e. The van der Waals surface area contributed by atoms with E-state index < -0.39 is 12.3 Å². The van der Waals surface area contributed by atoms with Crippen molar-refractivity contribution in [1.29, 1.82) is 0 Å². The lowest BCUT2D eigenvalue weighted by Crippen LogP contribution is -2.18. The van der Waals surface area contributed by atoms with E-state index in [0.29, 0.717) is 6.61 Å². The molecule has 0 spiro atoms. The van der Waals surface area contributed by atoms with E-state index in [0.717, 1.165) is 5.57 Å². The molecule has 0 heterocycles. The van der Waals surface area contributed by atoms with Gasteiger partial charge >= 0.3 is 5.97 Å². The largest absolute Gasteiger partial charge is 0.473 e. The molecule has 0 radical (unpaired) electrons. The molecular weight excluding hydrogens is 248 g/mol. The zero-order valence-electron chi connectivity index (χ0n) is 11.6. The van der Waals surface area contributed by atoms with Crippen LogP contribution in [0.1, 0.15) is 13.8 Å². The normalized spacial score (nSPS) is 11.5. The van der Waals surface area contributed by atoms with Gasteiger partial charge in [0.2, 0.25) is 0 Å². The average Bonchev–Trinajstić information content (AvgIpc) is 2.34. The summed E-state index contributed by atoms with van der Waals surface area (Å²) < 4.78 is 20.2. The van der Waals surface area contributed by atoms with E-state index in [2.05, 4.69) is 19.7 Å². The monoisotopic (exact) mass is 270 g/mol. The van der Waals surface area contributed by atoms with Crippen LogP contribution in [0.2, 0.25) is 0 Å². The molecule has 1 unspecified atom stereocenters. The number of rotatable bonds is 11. The van der Waals surface area contributed by atoms with Crippen LogP contribution in [0.4, 0.5) is 0 Å². The summed E-state index contributed by atoms with van der Waals surface area (Å²) in [5.74, 6) is -0.498. The van der Waals surface area contributed by atoms with Crippen LogP contribution in [-0.4, -0.2) is 38.7 Å². The standard InChI is InChI=1S/C14H22O5/c1-6-17-13(5)18-7-8-19-14(15)12(4)10-16-9-11(2)3/h6,13H,1-2,4,7-10H2,3,5H3. The van der Waals surface area contributed by atoms with Crippen LogP contribution in [0, 0.1) is 0 Å². The predicted octanol–water partition coefficient (Wildman–Crippen LogP) is 2.20. The second-order valence-corrected chi connectivity index (χ2v) is 3.93. The highest BCUT2D eigenvalue weighted by Gasteiger charge is 2.09. The second kappa shape index (κ2) is 10.3. The molecule has 5 nitrogen and oxygen atoms in total. The Kier molecular flexibility index (Phi) is 9.48. The SMILES string of the molecule is C=COC(C)OCCOC(=O)C(=C)COCC(=C)C. The van der Waals surface area contributed by atoms with Crippen LogP contribution in [0.3, 0.4) is 0 Å². The Labute approximate surface area is 114 Å². The van der Waals surface area contributed by atoms with Crippen LogP contribution >= 0.6 is 0 Å². The Morgan fingerprint density at radius 2 is 1.95 bits per heavy atom. The van der Waals surface area contributed by atoms with Crippen molar-refractivity contribution in [3.8, 4) is 0 Å². The lowest BCUT2D eigenvalue weighted by atomic mass is 10.3. The fraction of sp³-hybridized carbons (Fsp3) is 0.500. The third kappa shape index (κ3) is 10.1. The van der Waals surface area contributed by atoms with Crippen molar-refractivity contribution in [1.82, 2.24) is 0 Å². The zero-order chi connectivity index (χ0) is 14.7. The summed E-state index contributed by atoms with van der Waals surface area (Å²) in [6, 6.07) is 0. The second-order valence-electron chi connectivity index (χ2n) is 3.93. The fourth-order valence-electron chi connectivity index (χ4n) is 1.03. The molecule has 108 valence electrons. The summed E-state index contributed by atoms with van der Waals surface area (Å²) in [7, 11) is 0. The van der Waals surface area contributed by atoms with Gasteiger partial charge in [0.15, 0.2) is 6.29 Å². The minimum atomic E-state index is -0.498. The Hall–Kier alpha value is -1.59. The average molecular weight is 270 g/mol. The van der Waals surface area contributed by atoms with E-state index in [4.69, 9.17) is 18.9 Å². The molecule has 19 heavy (non-hydrogen) atoms. The Balaban J connectivity index is 3.65. The number of hydrogen-bond acceptors (Lipinski definition) is 5. The molecule has 1 atom stereocenters. The summed E-state index contributed by atoms with van der Waals surface area (Å²) in [4.78, 5) is 11.5. The van der Waals surface area contributed by atoms with Crippen molar-refractivity contribution >= 4 is 5.97 Å². The van der Waals surface area contributed by atoms with Crippen LogP contribution in [0.25, 0.3) is 0 Å². The highest BCUT2D eigenvalue weighted by Crippen LogP contribution is 1.99. The van der Waals surface area contributed by atoms with Gasteiger partial charge in [-0.25, -0.2) is 4.79 Å². The minimum Gasteiger partial charge on any atom is -0.473 e. The maximum Gasteiger partial charge on any atom is 0.335 e. The molecule has 0 aliphatic carbocycles. The molecule has 0 aromatic heterocycles. The Morgan fingerprint density at radius 1 is 1.26 bits per heavy atom. The number of esters is 1. The highest BCUT2D eigenvalue weighted by atomic mass is 16.7. The van der Waals surface area contributed by atoms with E-state index in [1.807, 2.05) is 6.92 Å². The molecule has 0 amide bonds. The van der Waals surface area contributed by atoms with Crippen LogP contribution < -0.4 is 0 Å². The van der Waals surface area contributed by atoms with Gasteiger partial charge in [0, 0.05) is 0 Å². The van der Waals surface area contributed by atoms with E-state index >= 15 is 0 Å². The lowest BCUT2D eigenvalue weighted by Gasteiger charge is -2.12. The van der Waals surface area contributed by atoms with Gasteiger partial charge in [-0.2, -0.15) is 0 Å². The predicted molar refractivity (Wildman–Crippen MR) is 72.4 cm³/mol. The van der Waals surface area contributed by atoms with Crippen LogP contribution in [0.15, 0.2) is 37.1 Å². The fourth-order valence-corrected chi connectivity index (χ4v) is 1.03. The van der Waals surface area contributed by atoms with Crippen molar-refractivity contribution in [3.63, 3.8) is 0 Å². The summed E-state index contributed by atoms with van der Waals surface area (Å²) in [5, 5.41) is 0. The quantitative estimate of drug-likeness (QED) is 0.144. The minimum absolute atomic E-state index is 0.128. The first kappa shape index (κ1) is 17.4. The molecule has 0 aromatic carbocycles. The van der Waals surface area contributed by atoms with Crippen LogP contribution in [-0.2, 0) is 23.7 Å². The molecule has 5 heteroatoms. The molecule has 0 aliphatic heterocycles. The van der Waals surface area contributed by atoms with Crippen molar-refractivity contribution < 1.29 is 23.7 Å². The molecule has 0 rings (SSSR count). The first-order valence-corrected chi connectivity index (χ1v) is 5.92. The summed E-state index contributed by atoms with van der Waals surface area (Å²) >= 11 is 0. The highest BCUT2D eigenvalue weighted by molar-refractivity contribution is 5.87. The lowest BCUT2D eigenvalue weighted by molar-refractivity contribution is -0.146. The molecular formula is C14H22O5. The number of carbonyl (C=O) groups is 1. The molecule has 0 saturated carbocycles. The van der Waals surface area contributed by atoms with Crippen molar-refractivity contribution in [3.05, 3.63) is 37.1 Å². The van der Waals surface area contributed by atoms with Crippen LogP contribution in [0.5, 0.6) is 0 Å². The third-order valence-electron chi connectivity index (χ3n) is 1.87. The van der Waals surface area contributed by atoms with Crippen molar-refractivity contribution in [2.45, 2.75) is 20.1 Å². The molecule has 0 aliphatic rings. The number of hydrogen-bond donors (Lipinski definition) is 0. The van der Waals surface area contributed by atoms with Gasteiger partial charge in [0.25, 0.3) is 0 Å². The molecule has 0 N–H and O–H groups in total. The van der Waals surface area contributed by atoms with Gasteiger partial charge in [-0.15, -0.1) is 0 Å². The topological polar surface area (TPSA) is 54.0 Å². The van der Waals surface area contributed by atoms with Gasteiger partial charge in [0.05, 0.1) is 31.7 Å². The summed E-state index contributed by atoms with van der Waals surface area (Å²) in [6.45, 7) is 15.1. The maximum absolute atomic E-state index is 11.5. The van der Waals surface area contributed by atoms with Gasteiger partial charge < -0.3 is 18.9 Å². The van der Waals surface area contributed by atoms with Crippen molar-refractivity contribution in [2.24, 2.45) is 0 Å². The van der Waals surface area contributed by atoms with Crippen molar-refractivity contribution in [2.75, 3.05) is 26.4 Å². The molecule has 0 fully saturated rings. The van der Waals surface area contributed by atoms with Gasteiger partial charge in [-0.05, 0) is 13.8 Å². The molecule has 0 saturated heterocycles. The molecule has 0 aromatic rings. The van der Waals surface area contributed by atoms with E-state index in [9.17, 15) is 4.79 Å². The van der Waals surface area contributed by atoms with E-state index in [-0.39, 0.29) is 25.4 Å². The first-order chi connectivity index (χ1) is 8.97. The summed E-state index contributed by atoms with van der Waals surface area (Å²) in [5.41, 5.74) is 1.14. The van der Waals surface area contributed by atoms with Gasteiger partial charge in [0.1, 0.15) is 6.61 Å². The Morgan fingerprint density at radius 3 is 2.53 bits per heavy atom. The number of ether oxygens (including phenoxy) is 4. The zero-order valence-corrected chi connectivity index (χ0v) is 11.6. The Bertz CT molecular complexity index is 322. The molecule has 0 bridgehead atoms. The van der Waals surface area contributed by atoms with Gasteiger partial charge in [-0.3, -0.25) is 0 Å². The number of carbonyl (C=O) groups excluding carboxylic acids is 1. The third-order valence-corrected chi connectivity index (χ3v) is 1.87. The first-order valence-electron chi connectivity index (χ1n) is 5.92. The van der Waals surface area contributed by atoms with E-state index in [1.165, 1.54) is 6.26 Å². The maximum atomic E-state index is 11.5. The van der Waals surface area contributed by atoms with Gasteiger partial charge in [-0.1, -0.05) is 25.3 Å². The van der Waals surface area contributed by atoms with E-state index in [1.54, 1.807) is 6.92 Å².